The number of likely N-dealkylation sites (N-methyl/N-ethyl adjacent to an activating group) is 1. The van der Waals surface area contributed by atoms with Crippen LogP contribution < -0.4 is 10.1 Å². The largest absolute Gasteiger partial charge is 0.496 e. The van der Waals surface area contributed by atoms with Crippen molar-refractivity contribution in [2.75, 3.05) is 14.2 Å². The van der Waals surface area contributed by atoms with Crippen molar-refractivity contribution in [2.24, 2.45) is 0 Å². The Hall–Kier alpha value is -1.03. The number of halogens is 1. The lowest BCUT2D eigenvalue weighted by atomic mass is 10.00. The monoisotopic (exact) mass is 295 g/mol. The van der Waals surface area contributed by atoms with E-state index in [9.17, 15) is 0 Å². The van der Waals surface area contributed by atoms with E-state index < -0.39 is 0 Å². The molecule has 0 spiro atoms. The number of ether oxygens (including phenoxy) is 1. The van der Waals surface area contributed by atoms with Gasteiger partial charge in [-0.2, -0.15) is 11.3 Å². The van der Waals surface area contributed by atoms with Crippen LogP contribution >= 0.6 is 22.9 Å². The van der Waals surface area contributed by atoms with Gasteiger partial charge in [-0.25, -0.2) is 0 Å². The highest BCUT2D eigenvalue weighted by molar-refractivity contribution is 7.07. The van der Waals surface area contributed by atoms with Crippen molar-refractivity contribution < 1.29 is 4.74 Å². The SMILES string of the molecule is CNC(Cc1ccsc1)Cc1cc(Cl)ccc1OC. The molecule has 0 saturated heterocycles. The lowest BCUT2D eigenvalue weighted by Crippen LogP contribution is -2.29. The van der Waals surface area contributed by atoms with Crippen molar-refractivity contribution in [2.45, 2.75) is 18.9 Å². The summed E-state index contributed by atoms with van der Waals surface area (Å²) in [5.41, 5.74) is 2.51. The third kappa shape index (κ3) is 3.96. The summed E-state index contributed by atoms with van der Waals surface area (Å²) in [4.78, 5) is 0. The Bertz CT molecular complexity index is 513. The first kappa shape index (κ1) is 14.4. The molecule has 0 saturated carbocycles. The van der Waals surface area contributed by atoms with E-state index in [4.69, 9.17) is 16.3 Å². The van der Waals surface area contributed by atoms with Gasteiger partial charge in [-0.1, -0.05) is 11.6 Å². The molecule has 4 heteroatoms. The van der Waals surface area contributed by atoms with Gasteiger partial charge in [-0.3, -0.25) is 0 Å². The minimum atomic E-state index is 0.377. The van der Waals surface area contributed by atoms with Gasteiger partial charge in [0.15, 0.2) is 0 Å². The van der Waals surface area contributed by atoms with E-state index in [1.165, 1.54) is 5.56 Å². The molecule has 102 valence electrons. The van der Waals surface area contributed by atoms with Crippen molar-refractivity contribution >= 4 is 22.9 Å². The molecule has 1 aromatic heterocycles. The molecule has 1 atom stereocenters. The van der Waals surface area contributed by atoms with Gasteiger partial charge < -0.3 is 10.1 Å². The quantitative estimate of drug-likeness (QED) is 0.875. The third-order valence-electron chi connectivity index (χ3n) is 3.18. The van der Waals surface area contributed by atoms with Crippen LogP contribution in [0.3, 0.4) is 0 Å². The van der Waals surface area contributed by atoms with Gasteiger partial charge in [-0.15, -0.1) is 0 Å². The van der Waals surface area contributed by atoms with Crippen molar-refractivity contribution in [3.63, 3.8) is 0 Å². The topological polar surface area (TPSA) is 21.3 Å². The van der Waals surface area contributed by atoms with E-state index in [2.05, 4.69) is 22.1 Å². The van der Waals surface area contributed by atoms with Crippen LogP contribution in [0.5, 0.6) is 5.75 Å². The molecule has 1 aromatic carbocycles. The van der Waals surface area contributed by atoms with Gasteiger partial charge in [0, 0.05) is 11.1 Å². The molecule has 2 nitrogen and oxygen atoms in total. The Morgan fingerprint density at radius 1 is 1.32 bits per heavy atom. The molecule has 2 aromatic rings. The predicted octanol–water partition coefficient (Wildman–Crippen LogP) is 3.78. The second-order valence-corrected chi connectivity index (χ2v) is 5.70. The maximum Gasteiger partial charge on any atom is 0.122 e. The number of hydrogen-bond donors (Lipinski definition) is 1. The molecule has 19 heavy (non-hydrogen) atoms. The molecule has 0 bridgehead atoms. The van der Waals surface area contributed by atoms with Gasteiger partial charge in [0.2, 0.25) is 0 Å². The van der Waals surface area contributed by atoms with Crippen LogP contribution in [0.2, 0.25) is 5.02 Å². The van der Waals surface area contributed by atoms with Gasteiger partial charge in [0.1, 0.15) is 5.75 Å². The minimum absolute atomic E-state index is 0.377. The molecule has 1 unspecified atom stereocenters. The fraction of sp³-hybridized carbons (Fsp3) is 0.333. The number of thiophene rings is 1. The highest BCUT2D eigenvalue weighted by Crippen LogP contribution is 2.24. The molecule has 0 aliphatic heterocycles. The third-order valence-corrected chi connectivity index (χ3v) is 4.15. The van der Waals surface area contributed by atoms with Gasteiger partial charge in [0.25, 0.3) is 0 Å². The second-order valence-electron chi connectivity index (χ2n) is 4.48. The summed E-state index contributed by atoms with van der Waals surface area (Å²) in [6.07, 6.45) is 1.91. The highest BCUT2D eigenvalue weighted by Gasteiger charge is 2.12. The zero-order valence-electron chi connectivity index (χ0n) is 11.2. The van der Waals surface area contributed by atoms with E-state index in [1.54, 1.807) is 18.4 Å². The van der Waals surface area contributed by atoms with Gasteiger partial charge in [0.05, 0.1) is 7.11 Å². The summed E-state index contributed by atoms with van der Waals surface area (Å²) in [7, 11) is 3.69. The zero-order valence-corrected chi connectivity index (χ0v) is 12.7. The smallest absolute Gasteiger partial charge is 0.122 e. The van der Waals surface area contributed by atoms with Crippen LogP contribution in [0.4, 0.5) is 0 Å². The molecule has 0 amide bonds. The van der Waals surface area contributed by atoms with Crippen molar-refractivity contribution in [1.29, 1.82) is 0 Å². The molecule has 0 aliphatic carbocycles. The van der Waals surface area contributed by atoms with E-state index in [0.29, 0.717) is 6.04 Å². The van der Waals surface area contributed by atoms with Crippen molar-refractivity contribution in [1.82, 2.24) is 5.32 Å². The summed E-state index contributed by atoms with van der Waals surface area (Å²) in [6, 6.07) is 8.32. The molecular formula is C15H18ClNOS. The molecular weight excluding hydrogens is 278 g/mol. The normalized spacial score (nSPS) is 12.4. The van der Waals surface area contributed by atoms with E-state index in [-0.39, 0.29) is 0 Å². The summed E-state index contributed by atoms with van der Waals surface area (Å²) in [5, 5.41) is 8.42. The van der Waals surface area contributed by atoms with Crippen LogP contribution in [-0.4, -0.2) is 20.2 Å². The van der Waals surface area contributed by atoms with E-state index >= 15 is 0 Å². The molecule has 1 heterocycles. The summed E-state index contributed by atoms with van der Waals surface area (Å²) in [6.45, 7) is 0. The van der Waals surface area contributed by atoms with Crippen LogP contribution in [0.25, 0.3) is 0 Å². The number of hydrogen-bond acceptors (Lipinski definition) is 3. The first-order chi connectivity index (χ1) is 9.22. The first-order valence-corrected chi connectivity index (χ1v) is 7.55. The lowest BCUT2D eigenvalue weighted by molar-refractivity contribution is 0.406. The molecule has 1 N–H and O–H groups in total. The number of benzene rings is 1. The van der Waals surface area contributed by atoms with E-state index in [0.717, 1.165) is 29.2 Å². The Balaban J connectivity index is 2.11. The molecule has 0 aliphatic rings. The Labute approximate surface area is 123 Å². The fourth-order valence-electron chi connectivity index (χ4n) is 2.14. The Kier molecular flexibility index (Phi) is 5.25. The average molecular weight is 296 g/mol. The lowest BCUT2D eigenvalue weighted by Gasteiger charge is -2.17. The number of nitrogens with one attached hydrogen (secondary N) is 1. The average Bonchev–Trinajstić information content (AvgIpc) is 2.91. The van der Waals surface area contributed by atoms with Gasteiger partial charge >= 0.3 is 0 Å². The molecule has 0 radical (unpaired) electrons. The van der Waals surface area contributed by atoms with E-state index in [1.807, 2.05) is 25.2 Å². The van der Waals surface area contributed by atoms with Crippen molar-refractivity contribution in [3.8, 4) is 5.75 Å². The minimum Gasteiger partial charge on any atom is -0.496 e. The van der Waals surface area contributed by atoms with Crippen LogP contribution in [0, 0.1) is 0 Å². The summed E-state index contributed by atoms with van der Waals surface area (Å²) < 4.78 is 5.40. The summed E-state index contributed by atoms with van der Waals surface area (Å²) >= 11 is 7.80. The number of rotatable bonds is 6. The maximum absolute atomic E-state index is 6.07. The summed E-state index contributed by atoms with van der Waals surface area (Å²) in [5.74, 6) is 0.898. The van der Waals surface area contributed by atoms with Crippen LogP contribution in [0.1, 0.15) is 11.1 Å². The standard InChI is InChI=1S/C15H18ClNOS/c1-17-14(7-11-5-6-19-10-11)9-12-8-13(16)3-4-15(12)18-2/h3-6,8,10,14,17H,7,9H2,1-2H3. The predicted molar refractivity (Wildman–Crippen MR) is 82.6 cm³/mol. The Morgan fingerprint density at radius 3 is 2.79 bits per heavy atom. The molecule has 2 rings (SSSR count). The van der Waals surface area contributed by atoms with Crippen LogP contribution in [0.15, 0.2) is 35.0 Å². The van der Waals surface area contributed by atoms with Gasteiger partial charge in [-0.05, 0) is 66.0 Å². The maximum atomic E-state index is 6.07. The second kappa shape index (κ2) is 6.94. The fourth-order valence-corrected chi connectivity index (χ4v) is 3.02. The van der Waals surface area contributed by atoms with Crippen LogP contribution in [-0.2, 0) is 12.8 Å². The first-order valence-electron chi connectivity index (χ1n) is 6.23. The zero-order chi connectivity index (χ0) is 13.7. The highest BCUT2D eigenvalue weighted by atomic mass is 35.5. The number of methoxy groups -OCH3 is 1. The van der Waals surface area contributed by atoms with Crippen molar-refractivity contribution in [3.05, 3.63) is 51.2 Å². The molecule has 0 fully saturated rings. The Morgan fingerprint density at radius 2 is 2.16 bits per heavy atom.